The minimum absolute atomic E-state index is 0.0281. The topological polar surface area (TPSA) is 72.2 Å². The Kier molecular flexibility index (Phi) is 5.00. The fourth-order valence-electron chi connectivity index (χ4n) is 1.37. The largest absolute Gasteiger partial charge is 0.326 e. The second kappa shape index (κ2) is 5.94. The third-order valence-electron chi connectivity index (χ3n) is 2.92. The molecule has 1 unspecified atom stereocenters. The van der Waals surface area contributed by atoms with Crippen LogP contribution in [0.3, 0.4) is 0 Å². The molecule has 0 aromatic heterocycles. The van der Waals surface area contributed by atoms with Crippen molar-refractivity contribution < 1.29 is 17.2 Å². The monoisotopic (exact) mass is 292 g/mol. The third kappa shape index (κ3) is 3.71. The summed E-state index contributed by atoms with van der Waals surface area (Å²) in [5.74, 6) is -2.58. The molecule has 1 atom stereocenters. The number of hydrogen-bond donors (Lipinski definition) is 2. The van der Waals surface area contributed by atoms with E-state index in [2.05, 4.69) is 4.72 Å². The fraction of sp³-hybridized carbons (Fsp3) is 0.500. The van der Waals surface area contributed by atoms with E-state index in [0.717, 1.165) is 12.1 Å². The minimum Gasteiger partial charge on any atom is -0.326 e. The highest BCUT2D eigenvalue weighted by Crippen LogP contribution is 2.20. The molecule has 19 heavy (non-hydrogen) atoms. The van der Waals surface area contributed by atoms with Crippen molar-refractivity contribution in [2.75, 3.05) is 0 Å². The van der Waals surface area contributed by atoms with Crippen LogP contribution in [0, 0.1) is 17.6 Å². The molecule has 1 rings (SSSR count). The van der Waals surface area contributed by atoms with Gasteiger partial charge < -0.3 is 5.73 Å². The molecule has 0 heterocycles. The van der Waals surface area contributed by atoms with E-state index in [-0.39, 0.29) is 18.0 Å². The molecule has 0 aliphatic heterocycles. The van der Waals surface area contributed by atoms with Gasteiger partial charge in [-0.3, -0.25) is 0 Å². The number of nitrogens with two attached hydrogens (primary N) is 1. The van der Waals surface area contributed by atoms with Crippen molar-refractivity contribution in [1.82, 2.24) is 4.72 Å². The van der Waals surface area contributed by atoms with Crippen LogP contribution in [0.1, 0.15) is 26.3 Å². The molecule has 3 N–H and O–H groups in total. The first kappa shape index (κ1) is 16.0. The lowest BCUT2D eigenvalue weighted by molar-refractivity contribution is 0.462. The minimum atomic E-state index is -4.11. The van der Waals surface area contributed by atoms with Gasteiger partial charge in [-0.1, -0.05) is 13.8 Å². The fourth-order valence-corrected chi connectivity index (χ4v) is 2.90. The van der Waals surface area contributed by atoms with E-state index in [1.54, 1.807) is 6.92 Å². The lowest BCUT2D eigenvalue weighted by atomic mass is 10.1. The van der Waals surface area contributed by atoms with E-state index in [4.69, 9.17) is 5.73 Å². The van der Waals surface area contributed by atoms with Crippen LogP contribution in [0.15, 0.2) is 17.0 Å². The van der Waals surface area contributed by atoms with Crippen LogP contribution in [-0.2, 0) is 16.6 Å². The zero-order valence-corrected chi connectivity index (χ0v) is 11.9. The smallest absolute Gasteiger partial charge is 0.243 e. The summed E-state index contributed by atoms with van der Waals surface area (Å²) in [5, 5.41) is 0. The van der Waals surface area contributed by atoms with Gasteiger partial charge >= 0.3 is 0 Å². The third-order valence-corrected chi connectivity index (χ3v) is 4.48. The van der Waals surface area contributed by atoms with E-state index in [0.29, 0.717) is 0 Å². The van der Waals surface area contributed by atoms with E-state index in [9.17, 15) is 17.2 Å². The highest BCUT2D eigenvalue weighted by atomic mass is 32.2. The van der Waals surface area contributed by atoms with Crippen LogP contribution in [0.2, 0.25) is 0 Å². The lowest BCUT2D eigenvalue weighted by Gasteiger charge is -2.18. The highest BCUT2D eigenvalue weighted by molar-refractivity contribution is 7.89. The average molecular weight is 292 g/mol. The molecule has 1 aromatic carbocycles. The van der Waals surface area contributed by atoms with Crippen LogP contribution in [0.25, 0.3) is 0 Å². The van der Waals surface area contributed by atoms with Crippen molar-refractivity contribution in [3.63, 3.8) is 0 Å². The second-order valence-corrected chi connectivity index (χ2v) is 6.43. The molecule has 1 aromatic rings. The maximum absolute atomic E-state index is 13.6. The maximum Gasteiger partial charge on any atom is 0.243 e. The van der Waals surface area contributed by atoms with Crippen LogP contribution in [-0.4, -0.2) is 14.5 Å². The van der Waals surface area contributed by atoms with Crippen molar-refractivity contribution in [3.05, 3.63) is 29.3 Å². The molecule has 0 amide bonds. The predicted octanol–water partition coefficient (Wildman–Crippen LogP) is 1.75. The van der Waals surface area contributed by atoms with Gasteiger partial charge in [-0.15, -0.1) is 0 Å². The van der Waals surface area contributed by atoms with Crippen molar-refractivity contribution in [2.45, 2.75) is 38.3 Å². The summed E-state index contributed by atoms with van der Waals surface area (Å²) in [4.78, 5) is -0.708. The quantitative estimate of drug-likeness (QED) is 0.868. The first-order valence-electron chi connectivity index (χ1n) is 5.89. The summed E-state index contributed by atoms with van der Waals surface area (Å²) in [6.07, 6.45) is 0. The number of hydrogen-bond acceptors (Lipinski definition) is 3. The number of nitrogens with one attached hydrogen (secondary N) is 1. The van der Waals surface area contributed by atoms with Crippen molar-refractivity contribution in [2.24, 2.45) is 11.7 Å². The van der Waals surface area contributed by atoms with Gasteiger partial charge in [0.2, 0.25) is 10.0 Å². The molecule has 4 nitrogen and oxygen atoms in total. The SMILES string of the molecule is CC(C)C(C)NS(=O)(=O)c1cc(CN)cc(F)c1F. The molecule has 0 bridgehead atoms. The number of rotatable bonds is 5. The van der Waals surface area contributed by atoms with Crippen LogP contribution in [0.5, 0.6) is 0 Å². The van der Waals surface area contributed by atoms with Crippen molar-refractivity contribution >= 4 is 10.0 Å². The molecular weight excluding hydrogens is 274 g/mol. The molecule has 108 valence electrons. The molecule has 0 radical (unpaired) electrons. The number of benzene rings is 1. The van der Waals surface area contributed by atoms with E-state index < -0.39 is 32.6 Å². The van der Waals surface area contributed by atoms with Gasteiger partial charge in [-0.05, 0) is 30.5 Å². The average Bonchev–Trinajstić information content (AvgIpc) is 2.31. The Morgan fingerprint density at radius 1 is 1.26 bits per heavy atom. The Balaban J connectivity index is 3.25. The normalized spacial score (nSPS) is 13.8. The summed E-state index contributed by atoms with van der Waals surface area (Å²) in [6.45, 7) is 5.23. The summed E-state index contributed by atoms with van der Waals surface area (Å²) in [6, 6.07) is 1.54. The Morgan fingerprint density at radius 3 is 2.32 bits per heavy atom. The molecule has 7 heteroatoms. The van der Waals surface area contributed by atoms with E-state index >= 15 is 0 Å². The van der Waals surface area contributed by atoms with Gasteiger partial charge in [-0.25, -0.2) is 21.9 Å². The van der Waals surface area contributed by atoms with E-state index in [1.807, 2.05) is 13.8 Å². The molecule has 0 aliphatic rings. The first-order chi connectivity index (χ1) is 8.69. The summed E-state index contributed by atoms with van der Waals surface area (Å²) < 4.78 is 53.3. The Hall–Kier alpha value is -1.05. The van der Waals surface area contributed by atoms with E-state index in [1.165, 1.54) is 0 Å². The second-order valence-electron chi connectivity index (χ2n) is 4.75. The molecule has 0 aliphatic carbocycles. The molecule has 0 spiro atoms. The first-order valence-corrected chi connectivity index (χ1v) is 7.37. The summed E-state index contributed by atoms with van der Waals surface area (Å²) in [5.41, 5.74) is 5.55. The maximum atomic E-state index is 13.6. The summed E-state index contributed by atoms with van der Waals surface area (Å²) >= 11 is 0. The predicted molar refractivity (Wildman–Crippen MR) is 68.9 cm³/mol. The van der Waals surface area contributed by atoms with Gasteiger partial charge in [0.15, 0.2) is 11.6 Å². The van der Waals surface area contributed by atoms with Crippen molar-refractivity contribution in [1.29, 1.82) is 0 Å². The Bertz CT molecular complexity index is 559. The van der Waals surface area contributed by atoms with Crippen LogP contribution < -0.4 is 10.5 Å². The molecule has 0 fully saturated rings. The van der Waals surface area contributed by atoms with Gasteiger partial charge in [0.1, 0.15) is 4.90 Å². The standard InChI is InChI=1S/C12H18F2N2O2S/c1-7(2)8(3)16-19(17,18)11-5-9(6-15)4-10(13)12(11)14/h4-5,7-8,16H,6,15H2,1-3H3. The highest BCUT2D eigenvalue weighted by Gasteiger charge is 2.25. The van der Waals surface area contributed by atoms with Gasteiger partial charge in [0, 0.05) is 12.6 Å². The number of sulfonamides is 1. The summed E-state index contributed by atoms with van der Waals surface area (Å²) in [7, 11) is -4.11. The number of halogens is 2. The lowest BCUT2D eigenvalue weighted by Crippen LogP contribution is -2.36. The molecule has 0 saturated carbocycles. The van der Waals surface area contributed by atoms with Gasteiger partial charge in [0.05, 0.1) is 0 Å². The van der Waals surface area contributed by atoms with Crippen molar-refractivity contribution in [3.8, 4) is 0 Å². The Morgan fingerprint density at radius 2 is 1.84 bits per heavy atom. The van der Waals surface area contributed by atoms with Crippen LogP contribution in [0.4, 0.5) is 8.78 Å². The van der Waals surface area contributed by atoms with Crippen LogP contribution >= 0.6 is 0 Å². The van der Waals surface area contributed by atoms with Gasteiger partial charge in [0.25, 0.3) is 0 Å². The molecular formula is C12H18F2N2O2S. The van der Waals surface area contributed by atoms with Gasteiger partial charge in [-0.2, -0.15) is 0 Å². The Labute approximate surface area is 112 Å². The molecule has 0 saturated heterocycles. The zero-order valence-electron chi connectivity index (χ0n) is 11.1. The zero-order chi connectivity index (χ0) is 14.8.